The van der Waals surface area contributed by atoms with Crippen LogP contribution < -0.4 is 5.32 Å². The molecule has 0 bridgehead atoms. The van der Waals surface area contributed by atoms with Crippen LogP contribution in [0.3, 0.4) is 0 Å². The maximum atomic E-state index is 12.0. The van der Waals surface area contributed by atoms with E-state index in [1.54, 1.807) is 18.2 Å². The zero-order valence-electron chi connectivity index (χ0n) is 11.8. The molecule has 2 aromatic carbocycles. The van der Waals surface area contributed by atoms with Gasteiger partial charge >= 0.3 is 0 Å². The van der Waals surface area contributed by atoms with Crippen molar-refractivity contribution >= 4 is 40.3 Å². The Bertz CT molecular complexity index is 814. The van der Waals surface area contributed by atoms with Gasteiger partial charge in [-0.1, -0.05) is 18.2 Å². The molecule has 6 nitrogen and oxygen atoms in total. The molecular weight excluding hydrogens is 314 g/mol. The second kappa shape index (κ2) is 6.45. The van der Waals surface area contributed by atoms with Crippen LogP contribution in [0, 0.1) is 10.1 Å². The Morgan fingerprint density at radius 1 is 1.09 bits per heavy atom. The molecule has 23 heavy (non-hydrogen) atoms. The minimum atomic E-state index is -0.460. The highest BCUT2D eigenvalue weighted by Gasteiger charge is 2.23. The van der Waals surface area contributed by atoms with Gasteiger partial charge in [-0.25, -0.2) is 4.99 Å². The third kappa shape index (κ3) is 3.64. The molecule has 3 rings (SSSR count). The van der Waals surface area contributed by atoms with Gasteiger partial charge in [0.15, 0.2) is 5.17 Å². The van der Waals surface area contributed by atoms with Gasteiger partial charge in [0.2, 0.25) is 0 Å². The van der Waals surface area contributed by atoms with Gasteiger partial charge in [-0.15, -0.1) is 0 Å². The Kier molecular flexibility index (Phi) is 4.20. The zero-order valence-corrected chi connectivity index (χ0v) is 12.6. The van der Waals surface area contributed by atoms with E-state index in [0.717, 1.165) is 5.69 Å². The lowest BCUT2D eigenvalue weighted by atomic mass is 10.2. The van der Waals surface area contributed by atoms with Crippen molar-refractivity contribution in [1.29, 1.82) is 0 Å². The predicted octanol–water partition coefficient (Wildman–Crippen LogP) is 3.49. The highest BCUT2D eigenvalue weighted by atomic mass is 32.2. The summed E-state index contributed by atoms with van der Waals surface area (Å²) in [6, 6.07) is 15.3. The normalized spacial score (nSPS) is 17.5. The van der Waals surface area contributed by atoms with Crippen LogP contribution in [0.4, 0.5) is 11.4 Å². The number of hydrogen-bond donors (Lipinski definition) is 1. The first kappa shape index (κ1) is 15.0. The fourth-order valence-electron chi connectivity index (χ4n) is 1.94. The number of benzene rings is 2. The van der Waals surface area contributed by atoms with Crippen molar-refractivity contribution in [3.8, 4) is 0 Å². The number of thioether (sulfide) groups is 1. The van der Waals surface area contributed by atoms with Crippen molar-refractivity contribution in [3.63, 3.8) is 0 Å². The van der Waals surface area contributed by atoms with Gasteiger partial charge in [0.05, 0.1) is 15.5 Å². The van der Waals surface area contributed by atoms with Gasteiger partial charge in [-0.2, -0.15) is 0 Å². The van der Waals surface area contributed by atoms with Crippen LogP contribution in [0.5, 0.6) is 0 Å². The molecule has 1 heterocycles. The van der Waals surface area contributed by atoms with E-state index in [9.17, 15) is 14.9 Å². The smallest absolute Gasteiger partial charge is 0.269 e. The average Bonchev–Trinajstić information content (AvgIpc) is 2.88. The van der Waals surface area contributed by atoms with E-state index >= 15 is 0 Å². The number of nitrogens with zero attached hydrogens (tertiary/aromatic N) is 2. The van der Waals surface area contributed by atoms with E-state index in [4.69, 9.17) is 0 Å². The molecule has 0 aliphatic carbocycles. The molecule has 1 aliphatic heterocycles. The molecule has 1 N–H and O–H groups in total. The Balaban J connectivity index is 1.80. The van der Waals surface area contributed by atoms with E-state index < -0.39 is 4.92 Å². The molecule has 0 atom stereocenters. The van der Waals surface area contributed by atoms with E-state index in [1.807, 2.05) is 30.3 Å². The quantitative estimate of drug-likeness (QED) is 0.532. The number of carbonyl (C=O) groups excluding carboxylic acids is 1. The Labute approximate surface area is 136 Å². The van der Waals surface area contributed by atoms with Gasteiger partial charge in [0, 0.05) is 12.1 Å². The Morgan fingerprint density at radius 2 is 1.78 bits per heavy atom. The molecule has 0 unspecified atom stereocenters. The summed E-state index contributed by atoms with van der Waals surface area (Å²) in [5, 5.41) is 13.8. The van der Waals surface area contributed by atoms with Gasteiger partial charge in [0.1, 0.15) is 0 Å². The van der Waals surface area contributed by atoms with Crippen LogP contribution in [0.25, 0.3) is 6.08 Å². The SMILES string of the molecule is O=C1NC(=Nc2ccccc2)S/C1=C/c1ccc([N+](=O)[O-])cc1. The summed E-state index contributed by atoms with van der Waals surface area (Å²) in [6.07, 6.45) is 1.68. The number of carbonyl (C=O) groups is 1. The number of para-hydroxylation sites is 1. The molecule has 1 amide bonds. The van der Waals surface area contributed by atoms with Crippen molar-refractivity contribution in [2.75, 3.05) is 0 Å². The molecule has 7 heteroatoms. The number of amides is 1. The van der Waals surface area contributed by atoms with Crippen LogP contribution in [0.1, 0.15) is 5.56 Å². The summed E-state index contributed by atoms with van der Waals surface area (Å²) in [6.45, 7) is 0. The molecule has 2 aromatic rings. The van der Waals surface area contributed by atoms with E-state index in [1.165, 1.54) is 23.9 Å². The van der Waals surface area contributed by atoms with Gasteiger partial charge in [-0.05, 0) is 47.7 Å². The van der Waals surface area contributed by atoms with Crippen molar-refractivity contribution in [1.82, 2.24) is 5.32 Å². The summed E-state index contributed by atoms with van der Waals surface area (Å²) < 4.78 is 0. The lowest BCUT2D eigenvalue weighted by Gasteiger charge is -1.95. The zero-order chi connectivity index (χ0) is 16.2. The van der Waals surface area contributed by atoms with Crippen LogP contribution in [0.2, 0.25) is 0 Å². The maximum absolute atomic E-state index is 12.0. The number of non-ortho nitro benzene ring substituents is 1. The highest BCUT2D eigenvalue weighted by molar-refractivity contribution is 8.18. The van der Waals surface area contributed by atoms with E-state index in [2.05, 4.69) is 10.3 Å². The molecule has 1 fully saturated rings. The molecule has 1 aliphatic rings. The molecule has 114 valence electrons. The number of hydrogen-bond acceptors (Lipinski definition) is 5. The largest absolute Gasteiger partial charge is 0.300 e. The average molecular weight is 325 g/mol. The molecule has 1 saturated heterocycles. The number of rotatable bonds is 3. The Hall–Kier alpha value is -2.93. The summed E-state index contributed by atoms with van der Waals surface area (Å²) in [4.78, 5) is 27.0. The van der Waals surface area contributed by atoms with Crippen LogP contribution in [0.15, 0.2) is 64.5 Å². The molecule has 0 saturated carbocycles. The minimum absolute atomic E-state index is 0.0157. The summed E-state index contributed by atoms with van der Waals surface area (Å²) in [5.41, 5.74) is 1.49. The summed E-state index contributed by atoms with van der Waals surface area (Å²) in [5.74, 6) is -0.233. The first-order valence-electron chi connectivity index (χ1n) is 6.71. The standard InChI is InChI=1S/C16H11N3O3S/c20-15-14(10-11-6-8-13(9-7-11)19(21)22)23-16(18-15)17-12-4-2-1-3-5-12/h1-10H,(H,17,18,20)/b14-10+. The van der Waals surface area contributed by atoms with Gasteiger partial charge in [-0.3, -0.25) is 14.9 Å². The topological polar surface area (TPSA) is 84.6 Å². The van der Waals surface area contributed by atoms with Crippen molar-refractivity contribution in [2.24, 2.45) is 4.99 Å². The van der Waals surface area contributed by atoms with Crippen LogP contribution in [-0.2, 0) is 4.79 Å². The molecule has 0 aromatic heterocycles. The third-order valence-corrected chi connectivity index (χ3v) is 3.95. The molecular formula is C16H11N3O3S. The molecule has 0 radical (unpaired) electrons. The van der Waals surface area contributed by atoms with Gasteiger partial charge < -0.3 is 5.32 Å². The number of nitro benzene ring substituents is 1. The Morgan fingerprint density at radius 3 is 2.43 bits per heavy atom. The minimum Gasteiger partial charge on any atom is -0.300 e. The first-order chi connectivity index (χ1) is 11.1. The fraction of sp³-hybridized carbons (Fsp3) is 0. The number of nitrogens with one attached hydrogen (secondary N) is 1. The maximum Gasteiger partial charge on any atom is 0.269 e. The predicted molar refractivity (Wildman–Crippen MR) is 90.3 cm³/mol. The summed E-state index contributed by atoms with van der Waals surface area (Å²) >= 11 is 1.24. The second-order valence-corrected chi connectivity index (χ2v) is 5.70. The molecule has 0 spiro atoms. The van der Waals surface area contributed by atoms with Crippen LogP contribution in [-0.4, -0.2) is 16.0 Å². The van der Waals surface area contributed by atoms with E-state index in [0.29, 0.717) is 15.6 Å². The van der Waals surface area contributed by atoms with Crippen LogP contribution >= 0.6 is 11.8 Å². The summed E-state index contributed by atoms with van der Waals surface area (Å²) in [7, 11) is 0. The number of amidine groups is 1. The second-order valence-electron chi connectivity index (χ2n) is 4.67. The fourth-order valence-corrected chi connectivity index (χ4v) is 2.79. The highest BCUT2D eigenvalue weighted by Crippen LogP contribution is 2.28. The lowest BCUT2D eigenvalue weighted by molar-refractivity contribution is -0.384. The lowest BCUT2D eigenvalue weighted by Crippen LogP contribution is -2.19. The van der Waals surface area contributed by atoms with Crippen molar-refractivity contribution < 1.29 is 9.72 Å². The number of nitro groups is 1. The van der Waals surface area contributed by atoms with Crippen molar-refractivity contribution in [2.45, 2.75) is 0 Å². The van der Waals surface area contributed by atoms with E-state index in [-0.39, 0.29) is 11.6 Å². The first-order valence-corrected chi connectivity index (χ1v) is 7.52. The monoisotopic (exact) mass is 325 g/mol. The third-order valence-electron chi connectivity index (χ3n) is 3.04. The van der Waals surface area contributed by atoms with Gasteiger partial charge in [0.25, 0.3) is 11.6 Å². The number of aliphatic imine (C=N–C) groups is 1. The van der Waals surface area contributed by atoms with Crippen molar-refractivity contribution in [3.05, 3.63) is 75.2 Å².